The molecule has 1 aliphatic rings. The van der Waals surface area contributed by atoms with Crippen LogP contribution in [0.2, 0.25) is 0 Å². The summed E-state index contributed by atoms with van der Waals surface area (Å²) in [7, 11) is -1.98. The molecule has 8 heteroatoms. The Kier molecular flexibility index (Phi) is 7.10. The summed E-state index contributed by atoms with van der Waals surface area (Å²) in [6.45, 7) is 6.28. The molecule has 0 unspecified atom stereocenters. The van der Waals surface area contributed by atoms with Gasteiger partial charge in [-0.1, -0.05) is 24.6 Å². The molecular weight excluding hydrogens is 414 g/mol. The van der Waals surface area contributed by atoms with E-state index in [0.29, 0.717) is 38.3 Å². The molecule has 1 fully saturated rings. The maximum Gasteiger partial charge on any atom is 0.246 e. The van der Waals surface area contributed by atoms with Gasteiger partial charge < -0.3 is 14.5 Å². The summed E-state index contributed by atoms with van der Waals surface area (Å²) in [6, 6.07) is 14.3. The number of anilines is 2. The first-order chi connectivity index (χ1) is 14.7. The number of piperazine rings is 1. The monoisotopic (exact) mass is 445 g/mol. The van der Waals surface area contributed by atoms with Gasteiger partial charge in [0, 0.05) is 31.9 Å². The number of sulfonamides is 1. The van der Waals surface area contributed by atoms with Gasteiger partial charge in [0.15, 0.2) is 0 Å². The average Bonchev–Trinajstić information content (AvgIpc) is 2.77. The molecule has 0 N–H and O–H groups in total. The van der Waals surface area contributed by atoms with Crippen LogP contribution in [-0.2, 0) is 14.8 Å². The van der Waals surface area contributed by atoms with E-state index in [0.717, 1.165) is 23.3 Å². The third kappa shape index (κ3) is 5.31. The van der Waals surface area contributed by atoms with E-state index in [1.807, 2.05) is 50.2 Å². The summed E-state index contributed by atoms with van der Waals surface area (Å²) in [5.41, 5.74) is 2.63. The quantitative estimate of drug-likeness (QED) is 0.655. The SMILES string of the molecule is CC[C@H](C(=O)N1CCN(c2ccc(OC)cc2)CC1)N(c1ccc(C)cc1)S(C)(=O)=O. The number of carbonyl (C=O) groups is 1. The smallest absolute Gasteiger partial charge is 0.246 e. The predicted molar refractivity (Wildman–Crippen MR) is 124 cm³/mol. The zero-order chi connectivity index (χ0) is 22.6. The maximum absolute atomic E-state index is 13.4. The van der Waals surface area contributed by atoms with Gasteiger partial charge in [0.05, 0.1) is 19.1 Å². The van der Waals surface area contributed by atoms with E-state index in [-0.39, 0.29) is 5.91 Å². The second kappa shape index (κ2) is 9.60. The highest BCUT2D eigenvalue weighted by Gasteiger charge is 2.35. The highest BCUT2D eigenvalue weighted by Crippen LogP contribution is 2.25. The van der Waals surface area contributed by atoms with Crippen LogP contribution in [0.15, 0.2) is 48.5 Å². The van der Waals surface area contributed by atoms with Gasteiger partial charge in [0.1, 0.15) is 11.8 Å². The number of amides is 1. The van der Waals surface area contributed by atoms with Gasteiger partial charge in [0.25, 0.3) is 0 Å². The zero-order valence-electron chi connectivity index (χ0n) is 18.6. The Labute approximate surface area is 185 Å². The van der Waals surface area contributed by atoms with Crippen LogP contribution in [0.1, 0.15) is 18.9 Å². The van der Waals surface area contributed by atoms with Gasteiger partial charge in [-0.3, -0.25) is 9.10 Å². The van der Waals surface area contributed by atoms with Crippen LogP contribution in [-0.4, -0.2) is 64.8 Å². The number of methoxy groups -OCH3 is 1. The van der Waals surface area contributed by atoms with E-state index in [1.54, 1.807) is 24.1 Å². The highest BCUT2D eigenvalue weighted by molar-refractivity contribution is 7.92. The largest absolute Gasteiger partial charge is 0.497 e. The predicted octanol–water partition coefficient (Wildman–Crippen LogP) is 2.90. The van der Waals surface area contributed by atoms with Crippen molar-refractivity contribution in [1.29, 1.82) is 0 Å². The van der Waals surface area contributed by atoms with E-state index in [1.165, 1.54) is 4.31 Å². The first-order valence-corrected chi connectivity index (χ1v) is 12.3. The van der Waals surface area contributed by atoms with Gasteiger partial charge in [-0.05, 0) is 49.7 Å². The standard InChI is InChI=1S/C23H31N3O4S/c1-5-22(26(31(4,28)29)20-8-6-18(2)7-9-20)23(27)25-16-14-24(15-17-25)19-10-12-21(30-3)13-11-19/h6-13,22H,5,14-17H2,1-4H3/t22-/m1/s1. The van der Waals surface area contributed by atoms with E-state index in [2.05, 4.69) is 4.90 Å². The normalized spacial score (nSPS) is 15.5. The summed E-state index contributed by atoms with van der Waals surface area (Å²) >= 11 is 0. The maximum atomic E-state index is 13.4. The fraction of sp³-hybridized carbons (Fsp3) is 0.435. The van der Waals surface area contributed by atoms with Crippen LogP contribution >= 0.6 is 0 Å². The van der Waals surface area contributed by atoms with Crippen LogP contribution in [0.4, 0.5) is 11.4 Å². The lowest BCUT2D eigenvalue weighted by atomic mass is 10.1. The molecule has 1 amide bonds. The van der Waals surface area contributed by atoms with Crippen LogP contribution in [0.3, 0.4) is 0 Å². The van der Waals surface area contributed by atoms with E-state index in [4.69, 9.17) is 4.74 Å². The fourth-order valence-electron chi connectivity index (χ4n) is 3.92. The Morgan fingerprint density at radius 2 is 1.61 bits per heavy atom. The third-order valence-electron chi connectivity index (χ3n) is 5.63. The third-order valence-corrected chi connectivity index (χ3v) is 6.81. The van der Waals surface area contributed by atoms with Crippen LogP contribution in [0.5, 0.6) is 5.75 Å². The van der Waals surface area contributed by atoms with Crippen molar-refractivity contribution >= 4 is 27.3 Å². The number of rotatable bonds is 7. The molecule has 1 atom stereocenters. The van der Waals surface area contributed by atoms with Crippen LogP contribution in [0.25, 0.3) is 0 Å². The molecule has 1 heterocycles. The van der Waals surface area contributed by atoms with E-state index in [9.17, 15) is 13.2 Å². The molecule has 2 aromatic carbocycles. The fourth-order valence-corrected chi connectivity index (χ4v) is 5.13. The Balaban J connectivity index is 1.74. The summed E-state index contributed by atoms with van der Waals surface area (Å²) in [5.74, 6) is 0.656. The molecule has 0 spiro atoms. The van der Waals surface area contributed by atoms with Crippen molar-refractivity contribution in [2.75, 3.05) is 48.7 Å². The zero-order valence-corrected chi connectivity index (χ0v) is 19.4. The van der Waals surface area contributed by atoms with Gasteiger partial charge >= 0.3 is 0 Å². The van der Waals surface area contributed by atoms with Crippen LogP contribution < -0.4 is 13.9 Å². The van der Waals surface area contributed by atoms with Crippen molar-refractivity contribution < 1.29 is 17.9 Å². The number of aryl methyl sites for hydroxylation is 1. The highest BCUT2D eigenvalue weighted by atomic mass is 32.2. The van der Waals surface area contributed by atoms with Crippen molar-refractivity contribution in [3.05, 3.63) is 54.1 Å². The van der Waals surface area contributed by atoms with Crippen molar-refractivity contribution in [1.82, 2.24) is 4.90 Å². The van der Waals surface area contributed by atoms with Crippen LogP contribution in [0, 0.1) is 6.92 Å². The molecule has 31 heavy (non-hydrogen) atoms. The molecule has 3 rings (SSSR count). The summed E-state index contributed by atoms with van der Waals surface area (Å²) in [4.78, 5) is 17.4. The summed E-state index contributed by atoms with van der Waals surface area (Å²) in [6.07, 6.45) is 1.56. The van der Waals surface area contributed by atoms with Crippen molar-refractivity contribution in [3.63, 3.8) is 0 Å². The second-order valence-electron chi connectivity index (χ2n) is 7.83. The number of ether oxygens (including phenoxy) is 1. The number of nitrogens with zero attached hydrogens (tertiary/aromatic N) is 3. The molecule has 0 saturated carbocycles. The van der Waals surface area contributed by atoms with Crippen molar-refractivity contribution in [2.45, 2.75) is 26.3 Å². The minimum atomic E-state index is -3.62. The molecule has 0 aliphatic carbocycles. The van der Waals surface area contributed by atoms with Gasteiger partial charge in [-0.25, -0.2) is 8.42 Å². The van der Waals surface area contributed by atoms with Crippen molar-refractivity contribution in [3.8, 4) is 5.75 Å². The topological polar surface area (TPSA) is 70.2 Å². The summed E-state index contributed by atoms with van der Waals surface area (Å²) < 4.78 is 31.7. The number of carbonyl (C=O) groups excluding carboxylic acids is 1. The molecule has 0 radical (unpaired) electrons. The average molecular weight is 446 g/mol. The molecule has 0 aromatic heterocycles. The molecule has 1 aliphatic heterocycles. The number of benzene rings is 2. The number of hydrogen-bond donors (Lipinski definition) is 0. The minimum absolute atomic E-state index is 0.150. The molecule has 7 nitrogen and oxygen atoms in total. The molecule has 168 valence electrons. The lowest BCUT2D eigenvalue weighted by molar-refractivity contribution is -0.132. The lowest BCUT2D eigenvalue weighted by Gasteiger charge is -2.39. The van der Waals surface area contributed by atoms with Crippen molar-refractivity contribution in [2.24, 2.45) is 0 Å². The van der Waals surface area contributed by atoms with Gasteiger partial charge in [-0.2, -0.15) is 0 Å². The molecule has 2 aromatic rings. The molecular formula is C23H31N3O4S. The number of hydrogen-bond acceptors (Lipinski definition) is 5. The lowest BCUT2D eigenvalue weighted by Crippen LogP contribution is -2.56. The molecule has 1 saturated heterocycles. The Bertz CT molecular complexity index is 982. The van der Waals surface area contributed by atoms with Gasteiger partial charge in [-0.15, -0.1) is 0 Å². The Morgan fingerprint density at radius 1 is 1.03 bits per heavy atom. The van der Waals surface area contributed by atoms with E-state index >= 15 is 0 Å². The first-order valence-electron chi connectivity index (χ1n) is 10.5. The second-order valence-corrected chi connectivity index (χ2v) is 9.69. The molecule has 0 bridgehead atoms. The Hall–Kier alpha value is -2.74. The van der Waals surface area contributed by atoms with E-state index < -0.39 is 16.1 Å². The first kappa shape index (κ1) is 22.9. The Morgan fingerprint density at radius 3 is 2.10 bits per heavy atom. The van der Waals surface area contributed by atoms with Gasteiger partial charge in [0.2, 0.25) is 15.9 Å². The summed E-state index contributed by atoms with van der Waals surface area (Å²) in [5, 5.41) is 0. The minimum Gasteiger partial charge on any atom is -0.497 e.